The highest BCUT2D eigenvalue weighted by molar-refractivity contribution is 7.99. The molecule has 0 bridgehead atoms. The zero-order valence-corrected chi connectivity index (χ0v) is 16.7. The Bertz CT molecular complexity index is 894. The first-order chi connectivity index (χ1) is 12.9. The van der Waals surface area contributed by atoms with E-state index in [0.717, 1.165) is 17.0 Å². The molecule has 0 saturated carbocycles. The Morgan fingerprint density at radius 2 is 2.00 bits per heavy atom. The highest BCUT2D eigenvalue weighted by Gasteiger charge is 2.36. The normalized spacial score (nSPS) is 17.3. The molecule has 144 valence electrons. The molecule has 1 aliphatic heterocycles. The van der Waals surface area contributed by atoms with Gasteiger partial charge < -0.3 is 14.2 Å². The van der Waals surface area contributed by atoms with Crippen molar-refractivity contribution in [2.45, 2.75) is 32.2 Å². The van der Waals surface area contributed by atoms with Crippen molar-refractivity contribution in [1.29, 1.82) is 0 Å². The number of amides is 1. The number of benzene rings is 1. The second kappa shape index (κ2) is 7.76. The number of thioether (sulfide) groups is 1. The quantitative estimate of drug-likeness (QED) is 0.747. The van der Waals surface area contributed by atoms with E-state index >= 15 is 0 Å². The maximum atomic E-state index is 14.2. The summed E-state index contributed by atoms with van der Waals surface area (Å²) in [5.74, 6) is -0.145. The van der Waals surface area contributed by atoms with Gasteiger partial charge >= 0.3 is 5.97 Å². The number of carbonyl (C=O) groups excluding carboxylic acids is 2. The number of aromatic nitrogens is 1. The van der Waals surface area contributed by atoms with E-state index in [1.54, 1.807) is 34.9 Å². The predicted octanol–water partition coefficient (Wildman–Crippen LogP) is 3.73. The van der Waals surface area contributed by atoms with Gasteiger partial charge in [0.2, 0.25) is 5.91 Å². The zero-order valence-electron chi connectivity index (χ0n) is 15.9. The molecule has 1 aromatic heterocycles. The molecule has 1 saturated heterocycles. The van der Waals surface area contributed by atoms with E-state index in [1.165, 1.54) is 13.2 Å². The van der Waals surface area contributed by atoms with E-state index in [1.807, 2.05) is 25.5 Å². The largest absolute Gasteiger partial charge is 0.465 e. The molecule has 1 fully saturated rings. The fourth-order valence-electron chi connectivity index (χ4n) is 3.48. The summed E-state index contributed by atoms with van der Waals surface area (Å²) in [5, 5.41) is -0.361. The molecule has 5 nitrogen and oxygen atoms in total. The molecule has 27 heavy (non-hydrogen) atoms. The summed E-state index contributed by atoms with van der Waals surface area (Å²) in [6.07, 6.45) is 0.397. The Labute approximate surface area is 162 Å². The Morgan fingerprint density at radius 3 is 2.67 bits per heavy atom. The highest BCUT2D eigenvalue weighted by atomic mass is 32.2. The smallest absolute Gasteiger partial charge is 0.340 e. The summed E-state index contributed by atoms with van der Waals surface area (Å²) < 4.78 is 21.1. The molecule has 1 aliphatic rings. The third-order valence-corrected chi connectivity index (χ3v) is 6.40. The van der Waals surface area contributed by atoms with Crippen LogP contribution in [0.5, 0.6) is 0 Å². The molecule has 1 aromatic carbocycles. The number of carbonyl (C=O) groups is 2. The molecule has 7 heteroatoms. The lowest BCUT2D eigenvalue weighted by Gasteiger charge is -2.36. The van der Waals surface area contributed by atoms with Crippen molar-refractivity contribution >= 4 is 23.6 Å². The SMILES string of the molecule is COC(=O)c1c(C2SCCC(=O)N2Cc2ccccc2F)c(C)n(C)c1C. The summed E-state index contributed by atoms with van der Waals surface area (Å²) in [4.78, 5) is 26.8. The van der Waals surface area contributed by atoms with Crippen LogP contribution in [-0.2, 0) is 23.1 Å². The third kappa shape index (κ3) is 3.48. The lowest BCUT2D eigenvalue weighted by atomic mass is 10.1. The Kier molecular flexibility index (Phi) is 5.60. The number of methoxy groups -OCH3 is 1. The number of hydrogen-bond donors (Lipinski definition) is 0. The Balaban J connectivity index is 2.08. The number of halogens is 1. The fourth-order valence-corrected chi connectivity index (χ4v) is 4.82. The average molecular weight is 390 g/mol. The number of hydrogen-bond acceptors (Lipinski definition) is 4. The minimum atomic E-state index is -0.421. The molecule has 0 N–H and O–H groups in total. The van der Waals surface area contributed by atoms with E-state index in [2.05, 4.69) is 0 Å². The summed E-state index contributed by atoms with van der Waals surface area (Å²) in [6.45, 7) is 3.95. The van der Waals surface area contributed by atoms with E-state index in [4.69, 9.17) is 4.74 Å². The average Bonchev–Trinajstić information content (AvgIpc) is 2.88. The van der Waals surface area contributed by atoms with Gasteiger partial charge in [-0.3, -0.25) is 4.79 Å². The Hall–Kier alpha value is -2.28. The molecule has 1 unspecified atom stereocenters. The van der Waals surface area contributed by atoms with Crippen molar-refractivity contribution in [1.82, 2.24) is 9.47 Å². The van der Waals surface area contributed by atoms with Crippen LogP contribution in [0.1, 0.15) is 44.7 Å². The van der Waals surface area contributed by atoms with Crippen molar-refractivity contribution in [3.63, 3.8) is 0 Å². The summed E-state index contributed by atoms with van der Waals surface area (Å²) in [7, 11) is 3.24. The van der Waals surface area contributed by atoms with Crippen LogP contribution in [0.4, 0.5) is 4.39 Å². The first-order valence-electron chi connectivity index (χ1n) is 8.75. The third-order valence-electron chi connectivity index (χ3n) is 5.16. The van der Waals surface area contributed by atoms with E-state index in [-0.39, 0.29) is 23.6 Å². The second-order valence-corrected chi connectivity index (χ2v) is 7.78. The molecular formula is C20H23FN2O3S. The van der Waals surface area contributed by atoms with Crippen LogP contribution in [0.3, 0.4) is 0 Å². The number of nitrogens with zero attached hydrogens (tertiary/aromatic N) is 2. The van der Waals surface area contributed by atoms with Crippen LogP contribution >= 0.6 is 11.8 Å². The molecule has 0 aliphatic carbocycles. The Morgan fingerprint density at radius 1 is 1.30 bits per heavy atom. The van der Waals surface area contributed by atoms with Gasteiger partial charge in [-0.05, 0) is 19.9 Å². The van der Waals surface area contributed by atoms with Gasteiger partial charge in [0.15, 0.2) is 0 Å². The number of rotatable bonds is 4. The van der Waals surface area contributed by atoms with Gasteiger partial charge in [-0.15, -0.1) is 11.8 Å². The summed E-state index contributed by atoms with van der Waals surface area (Å²) in [6, 6.07) is 6.46. The lowest BCUT2D eigenvalue weighted by molar-refractivity contribution is -0.132. The maximum Gasteiger partial charge on any atom is 0.340 e. The van der Waals surface area contributed by atoms with Crippen molar-refractivity contribution < 1.29 is 18.7 Å². The first kappa shape index (κ1) is 19.5. The van der Waals surface area contributed by atoms with Gasteiger partial charge in [-0.1, -0.05) is 18.2 Å². The van der Waals surface area contributed by atoms with Crippen LogP contribution in [-0.4, -0.2) is 34.2 Å². The molecule has 0 spiro atoms. The number of ether oxygens (including phenoxy) is 1. The van der Waals surface area contributed by atoms with Crippen molar-refractivity contribution in [2.24, 2.45) is 7.05 Å². The van der Waals surface area contributed by atoms with Crippen molar-refractivity contribution in [2.75, 3.05) is 12.9 Å². The highest BCUT2D eigenvalue weighted by Crippen LogP contribution is 2.43. The van der Waals surface area contributed by atoms with Crippen LogP contribution in [0.25, 0.3) is 0 Å². The fraction of sp³-hybridized carbons (Fsp3) is 0.400. The molecule has 2 heterocycles. The predicted molar refractivity (Wildman–Crippen MR) is 103 cm³/mol. The monoisotopic (exact) mass is 390 g/mol. The molecule has 2 aromatic rings. The zero-order chi connectivity index (χ0) is 19.7. The molecule has 0 radical (unpaired) electrons. The van der Waals surface area contributed by atoms with Crippen LogP contribution in [0, 0.1) is 19.7 Å². The molecule has 1 amide bonds. The van der Waals surface area contributed by atoms with Gasteiger partial charge in [0.25, 0.3) is 0 Å². The van der Waals surface area contributed by atoms with Crippen LogP contribution < -0.4 is 0 Å². The summed E-state index contributed by atoms with van der Waals surface area (Å²) in [5.41, 5.74) is 3.42. The molecular weight excluding hydrogens is 367 g/mol. The number of esters is 1. The second-order valence-electron chi connectivity index (χ2n) is 6.60. The van der Waals surface area contributed by atoms with Gasteiger partial charge in [-0.25, -0.2) is 9.18 Å². The van der Waals surface area contributed by atoms with Gasteiger partial charge in [0.05, 0.1) is 12.7 Å². The standard InChI is InChI=1S/C20H23FN2O3S/c1-12-17(18(20(25)26-4)13(2)22(12)3)19-23(16(24)9-10-27-19)11-14-7-5-6-8-15(14)21/h5-8,19H,9-11H2,1-4H3. The summed E-state index contributed by atoms with van der Waals surface area (Å²) >= 11 is 1.59. The minimum absolute atomic E-state index is 0.0428. The van der Waals surface area contributed by atoms with Crippen molar-refractivity contribution in [3.8, 4) is 0 Å². The first-order valence-corrected chi connectivity index (χ1v) is 9.80. The van der Waals surface area contributed by atoms with E-state index in [0.29, 0.717) is 23.3 Å². The molecule has 3 rings (SSSR count). The minimum Gasteiger partial charge on any atom is -0.465 e. The topological polar surface area (TPSA) is 51.5 Å². The lowest BCUT2D eigenvalue weighted by Crippen LogP contribution is -2.37. The maximum absolute atomic E-state index is 14.2. The van der Waals surface area contributed by atoms with E-state index in [9.17, 15) is 14.0 Å². The van der Waals surface area contributed by atoms with Gasteiger partial charge in [0, 0.05) is 48.3 Å². The van der Waals surface area contributed by atoms with Gasteiger partial charge in [-0.2, -0.15) is 0 Å². The van der Waals surface area contributed by atoms with Crippen molar-refractivity contribution in [3.05, 3.63) is 58.2 Å². The van der Waals surface area contributed by atoms with Gasteiger partial charge in [0.1, 0.15) is 11.2 Å². The van der Waals surface area contributed by atoms with Crippen LogP contribution in [0.15, 0.2) is 24.3 Å². The van der Waals surface area contributed by atoms with E-state index < -0.39 is 5.97 Å². The van der Waals surface area contributed by atoms with Crippen LogP contribution in [0.2, 0.25) is 0 Å². The molecule has 1 atom stereocenters.